The molecule has 0 spiro atoms. The predicted molar refractivity (Wildman–Crippen MR) is 108 cm³/mol. The smallest absolute Gasteiger partial charge is 0.325 e. The van der Waals surface area contributed by atoms with Crippen molar-refractivity contribution < 1.29 is 19.1 Å². The van der Waals surface area contributed by atoms with E-state index >= 15 is 0 Å². The van der Waals surface area contributed by atoms with Crippen LogP contribution in [0.2, 0.25) is 0 Å². The molecule has 1 saturated heterocycles. The Morgan fingerprint density at radius 1 is 1.07 bits per heavy atom. The van der Waals surface area contributed by atoms with Crippen molar-refractivity contribution in [2.45, 2.75) is 45.8 Å². The summed E-state index contributed by atoms with van der Waals surface area (Å²) in [7, 11) is 0. The van der Waals surface area contributed by atoms with Gasteiger partial charge in [-0.3, -0.25) is 9.59 Å². The lowest BCUT2D eigenvalue weighted by molar-refractivity contribution is -0.137. The van der Waals surface area contributed by atoms with Gasteiger partial charge in [0, 0.05) is 6.54 Å². The molecule has 152 valence electrons. The Kier molecular flexibility index (Phi) is 5.59. The average molecular weight is 395 g/mol. The van der Waals surface area contributed by atoms with E-state index in [1.807, 2.05) is 55.5 Å². The van der Waals surface area contributed by atoms with Gasteiger partial charge in [0.05, 0.1) is 0 Å². The molecule has 29 heavy (non-hydrogen) atoms. The summed E-state index contributed by atoms with van der Waals surface area (Å²) in [6.07, 6.45) is 0. The van der Waals surface area contributed by atoms with Crippen molar-refractivity contribution in [3.63, 3.8) is 0 Å². The van der Waals surface area contributed by atoms with E-state index in [0.717, 1.165) is 21.8 Å². The molecular weight excluding hydrogens is 370 g/mol. The number of hydrogen-bond acceptors (Lipinski definition) is 4. The number of benzene rings is 2. The van der Waals surface area contributed by atoms with Gasteiger partial charge in [-0.2, -0.15) is 0 Å². The van der Waals surface area contributed by atoms with Crippen LogP contribution in [-0.4, -0.2) is 34.3 Å². The molecule has 7 heteroatoms. The lowest BCUT2D eigenvalue weighted by Crippen LogP contribution is -2.49. The van der Waals surface area contributed by atoms with Gasteiger partial charge < -0.3 is 15.4 Å². The van der Waals surface area contributed by atoms with E-state index < -0.39 is 29.4 Å². The number of aryl methyl sites for hydroxylation is 1. The number of hydrogen-bond donors (Lipinski definition) is 2. The van der Waals surface area contributed by atoms with Crippen LogP contribution in [0.1, 0.15) is 31.9 Å². The largest absolute Gasteiger partial charge is 0.457 e. The molecule has 1 atom stereocenters. The molecule has 1 unspecified atom stereocenters. The monoisotopic (exact) mass is 395 g/mol. The second kappa shape index (κ2) is 7.95. The Bertz CT molecular complexity index is 920. The van der Waals surface area contributed by atoms with E-state index in [2.05, 4.69) is 10.6 Å². The number of amides is 4. The highest BCUT2D eigenvalue weighted by Gasteiger charge is 2.47. The Morgan fingerprint density at radius 3 is 2.14 bits per heavy atom. The van der Waals surface area contributed by atoms with Crippen LogP contribution in [0.15, 0.2) is 48.5 Å². The Hall–Kier alpha value is -3.35. The quantitative estimate of drug-likeness (QED) is 0.736. The summed E-state index contributed by atoms with van der Waals surface area (Å²) in [5.41, 5.74) is 1.03. The number of carbonyl (C=O) groups excluding carboxylic acids is 3. The van der Waals surface area contributed by atoms with Gasteiger partial charge in [-0.15, -0.1) is 0 Å². The molecule has 1 aliphatic rings. The zero-order valence-corrected chi connectivity index (χ0v) is 17.0. The molecule has 1 aliphatic heterocycles. The maximum absolute atomic E-state index is 12.4. The first kappa shape index (κ1) is 20.4. The zero-order valence-electron chi connectivity index (χ0n) is 17.0. The number of imide groups is 1. The second-order valence-corrected chi connectivity index (χ2v) is 7.68. The molecule has 0 aliphatic carbocycles. The Morgan fingerprint density at radius 2 is 1.62 bits per heavy atom. The Labute approximate surface area is 170 Å². The van der Waals surface area contributed by atoms with Crippen LogP contribution < -0.4 is 15.4 Å². The molecular formula is C22H25N3O4. The number of nitrogens with one attached hydrogen (secondary N) is 2. The van der Waals surface area contributed by atoms with E-state index in [-0.39, 0.29) is 6.54 Å². The molecule has 2 aromatic rings. The SMILES string of the molecule is Cc1ccc(Oc2ccc(CNC(=O)C(C)N3C(=O)NC(C)(C)C3=O)cc2)cc1. The van der Waals surface area contributed by atoms with Crippen molar-refractivity contribution in [2.24, 2.45) is 0 Å². The highest BCUT2D eigenvalue weighted by Crippen LogP contribution is 2.22. The molecule has 0 radical (unpaired) electrons. The highest BCUT2D eigenvalue weighted by atomic mass is 16.5. The van der Waals surface area contributed by atoms with Gasteiger partial charge in [-0.1, -0.05) is 29.8 Å². The molecule has 1 fully saturated rings. The van der Waals surface area contributed by atoms with E-state index in [4.69, 9.17) is 4.74 Å². The van der Waals surface area contributed by atoms with Crippen molar-refractivity contribution in [2.75, 3.05) is 0 Å². The fraction of sp³-hybridized carbons (Fsp3) is 0.318. The number of carbonyl (C=O) groups is 3. The first-order valence-electron chi connectivity index (χ1n) is 9.44. The molecule has 7 nitrogen and oxygen atoms in total. The lowest BCUT2D eigenvalue weighted by atomic mass is 10.1. The maximum atomic E-state index is 12.4. The first-order chi connectivity index (χ1) is 13.7. The van der Waals surface area contributed by atoms with Gasteiger partial charge >= 0.3 is 6.03 Å². The third-order valence-electron chi connectivity index (χ3n) is 4.81. The summed E-state index contributed by atoms with van der Waals surface area (Å²) in [4.78, 5) is 37.7. The normalized spacial score (nSPS) is 16.3. The van der Waals surface area contributed by atoms with Crippen LogP contribution >= 0.6 is 0 Å². The average Bonchev–Trinajstić information content (AvgIpc) is 2.89. The standard InChI is InChI=1S/C22H25N3O4/c1-14-5-9-17(10-6-14)29-18-11-7-16(8-12-18)13-23-19(26)15(2)25-20(27)22(3,4)24-21(25)28/h5-12,15H,13H2,1-4H3,(H,23,26)(H,24,28). The maximum Gasteiger partial charge on any atom is 0.325 e. The highest BCUT2D eigenvalue weighted by molar-refractivity contribution is 6.09. The minimum absolute atomic E-state index is 0.279. The first-order valence-corrected chi connectivity index (χ1v) is 9.44. The topological polar surface area (TPSA) is 87.7 Å². The van der Waals surface area contributed by atoms with Crippen LogP contribution in [0.5, 0.6) is 11.5 Å². The Balaban J connectivity index is 1.55. The molecule has 0 bridgehead atoms. The second-order valence-electron chi connectivity index (χ2n) is 7.68. The number of nitrogens with zero attached hydrogens (tertiary/aromatic N) is 1. The van der Waals surface area contributed by atoms with Crippen molar-refractivity contribution in [1.29, 1.82) is 0 Å². The molecule has 3 rings (SSSR count). The van der Waals surface area contributed by atoms with Gasteiger partial charge in [0.25, 0.3) is 5.91 Å². The van der Waals surface area contributed by atoms with E-state index in [0.29, 0.717) is 5.75 Å². The third kappa shape index (κ3) is 4.56. The van der Waals surface area contributed by atoms with Crippen LogP contribution in [0.4, 0.5) is 4.79 Å². The molecule has 2 aromatic carbocycles. The van der Waals surface area contributed by atoms with Crippen molar-refractivity contribution in [1.82, 2.24) is 15.5 Å². The van der Waals surface area contributed by atoms with Crippen molar-refractivity contribution >= 4 is 17.8 Å². The van der Waals surface area contributed by atoms with Crippen molar-refractivity contribution in [3.8, 4) is 11.5 Å². The van der Waals surface area contributed by atoms with E-state index in [1.165, 1.54) is 6.92 Å². The van der Waals surface area contributed by atoms with Gasteiger partial charge in [0.2, 0.25) is 5.91 Å². The van der Waals surface area contributed by atoms with Crippen LogP contribution in [-0.2, 0) is 16.1 Å². The number of rotatable bonds is 6. The minimum Gasteiger partial charge on any atom is -0.457 e. The molecule has 1 heterocycles. The molecule has 0 aromatic heterocycles. The summed E-state index contributed by atoms with van der Waals surface area (Å²) in [6.45, 7) is 7.05. The van der Waals surface area contributed by atoms with Crippen LogP contribution in [0, 0.1) is 6.92 Å². The van der Waals surface area contributed by atoms with Gasteiger partial charge in [0.1, 0.15) is 23.1 Å². The number of ether oxygens (including phenoxy) is 1. The zero-order chi connectivity index (χ0) is 21.2. The van der Waals surface area contributed by atoms with E-state index in [9.17, 15) is 14.4 Å². The van der Waals surface area contributed by atoms with Gasteiger partial charge in [-0.05, 0) is 57.5 Å². The van der Waals surface area contributed by atoms with Crippen molar-refractivity contribution in [3.05, 3.63) is 59.7 Å². The fourth-order valence-corrected chi connectivity index (χ4v) is 3.00. The molecule has 0 saturated carbocycles. The number of urea groups is 1. The molecule has 4 amide bonds. The summed E-state index contributed by atoms with van der Waals surface area (Å²) in [5.74, 6) is 0.634. The molecule has 2 N–H and O–H groups in total. The van der Waals surface area contributed by atoms with E-state index in [1.54, 1.807) is 13.8 Å². The fourth-order valence-electron chi connectivity index (χ4n) is 3.00. The minimum atomic E-state index is -1.00. The van der Waals surface area contributed by atoms with Crippen LogP contribution in [0.3, 0.4) is 0 Å². The van der Waals surface area contributed by atoms with Gasteiger partial charge in [0.15, 0.2) is 0 Å². The summed E-state index contributed by atoms with van der Waals surface area (Å²) in [6, 6.07) is 13.7. The third-order valence-corrected chi connectivity index (χ3v) is 4.81. The summed E-state index contributed by atoms with van der Waals surface area (Å²) >= 11 is 0. The predicted octanol–water partition coefficient (Wildman–Crippen LogP) is 3.12. The summed E-state index contributed by atoms with van der Waals surface area (Å²) < 4.78 is 5.79. The van der Waals surface area contributed by atoms with Crippen LogP contribution in [0.25, 0.3) is 0 Å². The summed E-state index contributed by atoms with van der Waals surface area (Å²) in [5, 5.41) is 5.34. The lowest BCUT2D eigenvalue weighted by Gasteiger charge is -2.22. The van der Waals surface area contributed by atoms with Gasteiger partial charge in [-0.25, -0.2) is 9.69 Å².